The van der Waals surface area contributed by atoms with E-state index in [1.807, 2.05) is 0 Å². The molecule has 0 aliphatic carbocycles. The van der Waals surface area contributed by atoms with Gasteiger partial charge in [0.2, 0.25) is 0 Å². The molecule has 0 atom stereocenters. The molecule has 0 aromatic heterocycles. The van der Waals surface area contributed by atoms with Crippen LogP contribution < -0.4 is 0 Å². The molecule has 0 nitrogen and oxygen atoms in total. The van der Waals surface area contributed by atoms with Gasteiger partial charge < -0.3 is 0 Å². The summed E-state index contributed by atoms with van der Waals surface area (Å²) in [6, 6.07) is 0. The molecule has 0 spiro atoms. The number of hydrogen-bond donors (Lipinski definition) is 0. The second-order valence-electron chi connectivity index (χ2n) is 3.60. The SMILES string of the molecule is CC[C+](C)CCCC(C)C. The zero-order valence-electron chi connectivity index (χ0n) is 7.91. The van der Waals surface area contributed by atoms with Crippen LogP contribution in [0.2, 0.25) is 0 Å². The lowest BCUT2D eigenvalue weighted by Crippen LogP contribution is -1.92. The predicted octanol–water partition coefficient (Wildman–Crippen LogP) is 3.82. The second-order valence-corrected chi connectivity index (χ2v) is 3.60. The van der Waals surface area contributed by atoms with E-state index < -0.39 is 0 Å². The van der Waals surface area contributed by atoms with Gasteiger partial charge in [0.05, 0.1) is 25.7 Å². The highest BCUT2D eigenvalue weighted by molar-refractivity contribution is 4.80. The Hall–Kier alpha value is -0.130. The van der Waals surface area contributed by atoms with Crippen LogP contribution in [0.5, 0.6) is 0 Å². The zero-order valence-corrected chi connectivity index (χ0v) is 7.91. The van der Waals surface area contributed by atoms with Gasteiger partial charge >= 0.3 is 0 Å². The average Bonchev–Trinajstić information content (AvgIpc) is 1.87. The third kappa shape index (κ3) is 6.00. The smallest absolute Gasteiger partial charge is 0.0628 e. The molecule has 0 heterocycles. The minimum atomic E-state index is 0.879. The largest absolute Gasteiger partial charge is 0.0897 e. The van der Waals surface area contributed by atoms with E-state index in [2.05, 4.69) is 27.7 Å². The van der Waals surface area contributed by atoms with Crippen molar-refractivity contribution in [1.82, 2.24) is 0 Å². The Labute approximate surface area is 66.0 Å². The van der Waals surface area contributed by atoms with Crippen LogP contribution in [-0.4, -0.2) is 0 Å². The van der Waals surface area contributed by atoms with Crippen LogP contribution in [0.25, 0.3) is 0 Å². The summed E-state index contributed by atoms with van der Waals surface area (Å²) in [4.78, 5) is 0. The van der Waals surface area contributed by atoms with Crippen molar-refractivity contribution in [3.05, 3.63) is 5.92 Å². The fourth-order valence-corrected chi connectivity index (χ4v) is 0.989. The van der Waals surface area contributed by atoms with Crippen molar-refractivity contribution in [2.45, 2.75) is 53.4 Å². The maximum Gasteiger partial charge on any atom is 0.0897 e. The molecule has 0 aliphatic rings. The van der Waals surface area contributed by atoms with Crippen LogP contribution in [0.3, 0.4) is 0 Å². The number of hydrogen-bond acceptors (Lipinski definition) is 0. The summed E-state index contributed by atoms with van der Waals surface area (Å²) in [7, 11) is 0. The summed E-state index contributed by atoms with van der Waals surface area (Å²) in [5.41, 5.74) is 0. The van der Waals surface area contributed by atoms with Crippen LogP contribution >= 0.6 is 0 Å². The van der Waals surface area contributed by atoms with E-state index in [0.29, 0.717) is 0 Å². The highest BCUT2D eigenvalue weighted by atomic mass is 14.0. The summed E-state index contributed by atoms with van der Waals surface area (Å²) in [6.07, 6.45) is 5.38. The van der Waals surface area contributed by atoms with Gasteiger partial charge in [-0.3, -0.25) is 0 Å². The van der Waals surface area contributed by atoms with Gasteiger partial charge in [-0.25, -0.2) is 0 Å². The molecule has 60 valence electrons. The lowest BCUT2D eigenvalue weighted by molar-refractivity contribution is 0.537. The fourth-order valence-electron chi connectivity index (χ4n) is 0.989. The van der Waals surface area contributed by atoms with Crippen molar-refractivity contribution in [2.24, 2.45) is 5.92 Å². The molecule has 0 unspecified atom stereocenters. The van der Waals surface area contributed by atoms with Crippen LogP contribution in [-0.2, 0) is 0 Å². The van der Waals surface area contributed by atoms with E-state index in [1.165, 1.54) is 25.7 Å². The van der Waals surface area contributed by atoms with E-state index >= 15 is 0 Å². The molecule has 0 fully saturated rings. The minimum Gasteiger partial charge on any atom is -0.0628 e. The summed E-state index contributed by atoms with van der Waals surface area (Å²) >= 11 is 0. The predicted molar refractivity (Wildman–Crippen MR) is 47.9 cm³/mol. The quantitative estimate of drug-likeness (QED) is 0.511. The zero-order chi connectivity index (χ0) is 7.98. The van der Waals surface area contributed by atoms with Gasteiger partial charge in [-0.05, 0) is 25.7 Å². The number of rotatable bonds is 5. The minimum absolute atomic E-state index is 0.879. The average molecular weight is 141 g/mol. The molecule has 10 heavy (non-hydrogen) atoms. The normalized spacial score (nSPS) is 10.5. The Morgan fingerprint density at radius 2 is 1.90 bits per heavy atom. The topological polar surface area (TPSA) is 0 Å². The molecule has 0 saturated heterocycles. The van der Waals surface area contributed by atoms with E-state index in [0.717, 1.165) is 5.92 Å². The molecule has 0 amide bonds. The summed E-state index contributed by atoms with van der Waals surface area (Å²) in [5.74, 6) is 2.53. The molecule has 0 saturated carbocycles. The summed E-state index contributed by atoms with van der Waals surface area (Å²) in [5, 5.41) is 0. The van der Waals surface area contributed by atoms with Crippen LogP contribution in [0.1, 0.15) is 53.4 Å². The Bertz CT molecular complexity index is 64.4. The van der Waals surface area contributed by atoms with E-state index in [9.17, 15) is 0 Å². The third-order valence-corrected chi connectivity index (χ3v) is 1.99. The van der Waals surface area contributed by atoms with Crippen molar-refractivity contribution in [2.75, 3.05) is 0 Å². The van der Waals surface area contributed by atoms with Crippen LogP contribution in [0.15, 0.2) is 0 Å². The van der Waals surface area contributed by atoms with Gasteiger partial charge in [0.15, 0.2) is 0 Å². The van der Waals surface area contributed by atoms with E-state index in [1.54, 1.807) is 5.92 Å². The van der Waals surface area contributed by atoms with Crippen LogP contribution in [0.4, 0.5) is 0 Å². The molecule has 0 bridgehead atoms. The molecule has 0 N–H and O–H groups in total. The van der Waals surface area contributed by atoms with Gasteiger partial charge in [0.25, 0.3) is 0 Å². The summed E-state index contributed by atoms with van der Waals surface area (Å²) in [6.45, 7) is 9.09. The van der Waals surface area contributed by atoms with Gasteiger partial charge in [-0.15, -0.1) is 0 Å². The first-order valence-corrected chi connectivity index (χ1v) is 4.48. The standard InChI is InChI=1S/C10H21/c1-5-10(4)8-6-7-9(2)3/h9H,5-8H2,1-4H3/q+1. The van der Waals surface area contributed by atoms with Crippen molar-refractivity contribution in [3.8, 4) is 0 Å². The van der Waals surface area contributed by atoms with Crippen molar-refractivity contribution in [3.63, 3.8) is 0 Å². The molecule has 0 heteroatoms. The molecule has 0 aliphatic heterocycles. The Balaban J connectivity index is 3.03. The molecule has 0 aromatic rings. The molecular formula is C10H21+. The van der Waals surface area contributed by atoms with Gasteiger partial charge in [0.1, 0.15) is 0 Å². The van der Waals surface area contributed by atoms with Gasteiger partial charge in [-0.1, -0.05) is 13.8 Å². The van der Waals surface area contributed by atoms with Crippen LogP contribution in [0, 0.1) is 11.8 Å². The highest BCUT2D eigenvalue weighted by Gasteiger charge is 2.08. The Morgan fingerprint density at radius 1 is 1.30 bits per heavy atom. The molecule has 0 aromatic carbocycles. The maximum absolute atomic E-state index is 2.29. The molecule has 0 rings (SSSR count). The lowest BCUT2D eigenvalue weighted by atomic mass is 9.98. The van der Waals surface area contributed by atoms with E-state index in [4.69, 9.17) is 0 Å². The molecular weight excluding hydrogens is 120 g/mol. The first-order chi connectivity index (χ1) is 4.66. The highest BCUT2D eigenvalue weighted by Crippen LogP contribution is 2.15. The Kier molecular flexibility index (Phi) is 5.57. The second kappa shape index (κ2) is 5.64. The van der Waals surface area contributed by atoms with Crippen molar-refractivity contribution in [1.29, 1.82) is 0 Å². The van der Waals surface area contributed by atoms with E-state index in [-0.39, 0.29) is 0 Å². The lowest BCUT2D eigenvalue weighted by Gasteiger charge is -2.01. The Morgan fingerprint density at radius 3 is 2.30 bits per heavy atom. The summed E-state index contributed by atoms with van der Waals surface area (Å²) < 4.78 is 0. The third-order valence-electron chi connectivity index (χ3n) is 1.99. The van der Waals surface area contributed by atoms with Crippen molar-refractivity contribution >= 4 is 0 Å². The first-order valence-electron chi connectivity index (χ1n) is 4.48. The first kappa shape index (κ1) is 9.87. The fraction of sp³-hybridized carbons (Fsp3) is 0.900. The monoisotopic (exact) mass is 141 g/mol. The molecule has 0 radical (unpaired) electrons. The maximum atomic E-state index is 2.29. The van der Waals surface area contributed by atoms with Crippen molar-refractivity contribution < 1.29 is 0 Å². The van der Waals surface area contributed by atoms with Gasteiger partial charge in [-0.2, -0.15) is 0 Å². The van der Waals surface area contributed by atoms with Gasteiger partial charge in [0, 0.05) is 0 Å².